The maximum absolute atomic E-state index is 13.6. The topological polar surface area (TPSA) is 66.0 Å². The molecule has 1 fully saturated rings. The molecule has 32 heavy (non-hydrogen) atoms. The first-order valence-corrected chi connectivity index (χ1v) is 10.6. The van der Waals surface area contributed by atoms with Crippen LogP contribution in [-0.4, -0.2) is 28.0 Å². The number of aryl methyl sites for hydroxylation is 1. The summed E-state index contributed by atoms with van der Waals surface area (Å²) in [5, 5.41) is 6.24. The number of aromatic nitrogens is 3. The number of rotatable bonds is 6. The van der Waals surface area contributed by atoms with Crippen molar-refractivity contribution in [3.05, 3.63) is 65.2 Å². The number of benzene rings is 2. The van der Waals surface area contributed by atoms with E-state index in [9.17, 15) is 8.78 Å². The van der Waals surface area contributed by atoms with Gasteiger partial charge in [-0.2, -0.15) is 15.0 Å². The van der Waals surface area contributed by atoms with Crippen molar-refractivity contribution in [2.75, 3.05) is 28.6 Å². The van der Waals surface area contributed by atoms with E-state index in [0.717, 1.165) is 43.6 Å². The van der Waals surface area contributed by atoms with Crippen molar-refractivity contribution in [3.63, 3.8) is 0 Å². The van der Waals surface area contributed by atoms with Crippen LogP contribution in [0.5, 0.6) is 0 Å². The van der Waals surface area contributed by atoms with Gasteiger partial charge >= 0.3 is 0 Å². The summed E-state index contributed by atoms with van der Waals surface area (Å²) < 4.78 is 26.9. The minimum atomic E-state index is -0.926. The Labute approximate surface area is 192 Å². The summed E-state index contributed by atoms with van der Waals surface area (Å²) in [7, 11) is 0. The quantitative estimate of drug-likeness (QED) is 0.498. The summed E-state index contributed by atoms with van der Waals surface area (Å²) in [5.41, 5.74) is 2.68. The Morgan fingerprint density at radius 3 is 2.22 bits per heavy atom. The molecular weight excluding hydrogens is 434 g/mol. The van der Waals surface area contributed by atoms with Gasteiger partial charge in [-0.3, -0.25) is 0 Å². The highest BCUT2D eigenvalue weighted by Crippen LogP contribution is 2.22. The van der Waals surface area contributed by atoms with Crippen molar-refractivity contribution in [3.8, 4) is 0 Å². The highest BCUT2D eigenvalue weighted by Gasteiger charge is 2.16. The third-order valence-corrected chi connectivity index (χ3v) is 5.26. The van der Waals surface area contributed by atoms with Crippen molar-refractivity contribution < 1.29 is 8.78 Å². The molecule has 0 spiro atoms. The SMILES string of the molecule is Cc1ccc(CNc2nc(Nc3ccc(F)c(F)c3)nc(N3CCCCCC3)n2)cc1.Cl. The van der Waals surface area contributed by atoms with Gasteiger partial charge in [0.05, 0.1) is 0 Å². The maximum Gasteiger partial charge on any atom is 0.233 e. The molecule has 170 valence electrons. The van der Waals surface area contributed by atoms with E-state index in [2.05, 4.69) is 54.8 Å². The molecule has 0 amide bonds. The van der Waals surface area contributed by atoms with E-state index in [1.807, 2.05) is 6.92 Å². The van der Waals surface area contributed by atoms with Gasteiger partial charge in [0.15, 0.2) is 11.6 Å². The minimum Gasteiger partial charge on any atom is -0.350 e. The molecule has 2 heterocycles. The molecular formula is C23H27ClF2N6. The average Bonchev–Trinajstić information content (AvgIpc) is 3.06. The number of nitrogens with one attached hydrogen (secondary N) is 2. The molecule has 0 atom stereocenters. The monoisotopic (exact) mass is 460 g/mol. The van der Waals surface area contributed by atoms with Crippen LogP contribution >= 0.6 is 12.4 Å². The molecule has 0 saturated carbocycles. The van der Waals surface area contributed by atoms with E-state index in [0.29, 0.717) is 24.1 Å². The molecule has 2 aromatic carbocycles. The normalized spacial score (nSPS) is 13.8. The second kappa shape index (κ2) is 11.0. The molecule has 3 aromatic rings. The predicted octanol–water partition coefficient (Wildman–Crippen LogP) is 5.62. The highest BCUT2D eigenvalue weighted by molar-refractivity contribution is 5.85. The lowest BCUT2D eigenvalue weighted by Crippen LogP contribution is -2.27. The first-order valence-electron chi connectivity index (χ1n) is 10.6. The van der Waals surface area contributed by atoms with Crippen LogP contribution in [0.4, 0.5) is 32.3 Å². The summed E-state index contributed by atoms with van der Waals surface area (Å²) in [6, 6.07) is 11.8. The van der Waals surface area contributed by atoms with Crippen LogP contribution in [-0.2, 0) is 6.54 Å². The van der Waals surface area contributed by atoms with Gasteiger partial charge in [-0.05, 0) is 37.5 Å². The van der Waals surface area contributed by atoms with E-state index in [1.54, 1.807) is 0 Å². The number of nitrogens with zero attached hydrogens (tertiary/aromatic N) is 4. The lowest BCUT2D eigenvalue weighted by Gasteiger charge is -2.21. The molecule has 4 rings (SSSR count). The fourth-order valence-electron chi connectivity index (χ4n) is 3.50. The first kappa shape index (κ1) is 23.7. The molecule has 6 nitrogen and oxygen atoms in total. The average molecular weight is 461 g/mol. The van der Waals surface area contributed by atoms with Crippen LogP contribution in [0.15, 0.2) is 42.5 Å². The summed E-state index contributed by atoms with van der Waals surface area (Å²) in [4.78, 5) is 15.8. The van der Waals surface area contributed by atoms with Gasteiger partial charge in [0.1, 0.15) is 0 Å². The van der Waals surface area contributed by atoms with Crippen molar-refractivity contribution in [1.29, 1.82) is 0 Å². The van der Waals surface area contributed by atoms with E-state index in [4.69, 9.17) is 0 Å². The van der Waals surface area contributed by atoms with E-state index >= 15 is 0 Å². The number of halogens is 3. The molecule has 0 bridgehead atoms. The van der Waals surface area contributed by atoms with Crippen LogP contribution < -0.4 is 15.5 Å². The maximum atomic E-state index is 13.6. The Balaban J connectivity index is 0.00000289. The van der Waals surface area contributed by atoms with Crippen molar-refractivity contribution in [2.45, 2.75) is 39.2 Å². The molecule has 0 radical (unpaired) electrons. The number of hydrogen-bond acceptors (Lipinski definition) is 6. The third kappa shape index (κ3) is 6.26. The van der Waals surface area contributed by atoms with Gasteiger partial charge in [0, 0.05) is 31.4 Å². The summed E-state index contributed by atoms with van der Waals surface area (Å²) >= 11 is 0. The Morgan fingerprint density at radius 2 is 1.53 bits per heavy atom. The summed E-state index contributed by atoms with van der Waals surface area (Å²) in [5.74, 6) is -0.531. The fraction of sp³-hybridized carbons (Fsp3) is 0.348. The lowest BCUT2D eigenvalue weighted by atomic mass is 10.1. The van der Waals surface area contributed by atoms with Gasteiger partial charge in [-0.25, -0.2) is 8.78 Å². The molecule has 1 aromatic heterocycles. The molecule has 1 saturated heterocycles. The highest BCUT2D eigenvalue weighted by atomic mass is 35.5. The van der Waals surface area contributed by atoms with Crippen LogP contribution in [0.2, 0.25) is 0 Å². The predicted molar refractivity (Wildman–Crippen MR) is 126 cm³/mol. The Morgan fingerprint density at radius 1 is 0.844 bits per heavy atom. The van der Waals surface area contributed by atoms with Gasteiger partial charge in [0.25, 0.3) is 0 Å². The van der Waals surface area contributed by atoms with Crippen LogP contribution in [0.1, 0.15) is 36.8 Å². The zero-order valence-electron chi connectivity index (χ0n) is 17.9. The van der Waals surface area contributed by atoms with Crippen molar-refractivity contribution >= 4 is 35.9 Å². The number of hydrogen-bond donors (Lipinski definition) is 2. The Hall–Kier alpha value is -3.00. The Bertz CT molecular complexity index is 1020. The first-order chi connectivity index (χ1) is 15.1. The van der Waals surface area contributed by atoms with Crippen molar-refractivity contribution in [2.24, 2.45) is 0 Å². The minimum absolute atomic E-state index is 0. The van der Waals surface area contributed by atoms with E-state index in [1.165, 1.54) is 24.5 Å². The summed E-state index contributed by atoms with van der Waals surface area (Å²) in [6.07, 6.45) is 4.56. The second-order valence-corrected chi connectivity index (χ2v) is 7.78. The molecule has 0 aliphatic carbocycles. The smallest absolute Gasteiger partial charge is 0.233 e. The molecule has 0 unspecified atom stereocenters. The standard InChI is InChI=1S/C23H26F2N6.ClH/c1-16-6-8-17(9-7-16)15-26-21-28-22(27-18-10-11-19(24)20(25)14-18)30-23(29-21)31-12-4-2-3-5-13-31;/h6-11,14H,2-5,12-13,15H2,1H3,(H2,26,27,28,29,30);1H. The fourth-order valence-corrected chi connectivity index (χ4v) is 3.50. The van der Waals surface area contributed by atoms with Gasteiger partial charge in [-0.1, -0.05) is 42.7 Å². The third-order valence-electron chi connectivity index (χ3n) is 5.26. The lowest BCUT2D eigenvalue weighted by molar-refractivity contribution is 0.509. The largest absolute Gasteiger partial charge is 0.350 e. The molecule has 1 aliphatic heterocycles. The van der Waals surface area contributed by atoms with Crippen LogP contribution in [0.25, 0.3) is 0 Å². The van der Waals surface area contributed by atoms with Gasteiger partial charge in [0.2, 0.25) is 17.8 Å². The molecule has 9 heteroatoms. The summed E-state index contributed by atoms with van der Waals surface area (Å²) in [6.45, 7) is 4.37. The van der Waals surface area contributed by atoms with E-state index in [-0.39, 0.29) is 18.4 Å². The van der Waals surface area contributed by atoms with Gasteiger partial charge < -0.3 is 15.5 Å². The van der Waals surface area contributed by atoms with Crippen LogP contribution in [0.3, 0.4) is 0 Å². The van der Waals surface area contributed by atoms with Gasteiger partial charge in [-0.15, -0.1) is 12.4 Å². The Kier molecular flexibility index (Phi) is 8.16. The second-order valence-electron chi connectivity index (χ2n) is 7.78. The zero-order chi connectivity index (χ0) is 21.6. The molecule has 1 aliphatic rings. The number of anilines is 4. The van der Waals surface area contributed by atoms with Crippen LogP contribution in [0, 0.1) is 18.6 Å². The van der Waals surface area contributed by atoms with E-state index < -0.39 is 11.6 Å². The van der Waals surface area contributed by atoms with Crippen molar-refractivity contribution in [1.82, 2.24) is 15.0 Å². The molecule has 2 N–H and O–H groups in total. The zero-order valence-corrected chi connectivity index (χ0v) is 18.8.